The lowest BCUT2D eigenvalue weighted by atomic mass is 9.85. The number of benzene rings is 2. The second-order valence-electron chi connectivity index (χ2n) is 8.89. The molecule has 1 amide bonds. The maximum absolute atomic E-state index is 13.4. The summed E-state index contributed by atoms with van der Waals surface area (Å²) >= 11 is 0. The highest BCUT2D eigenvalue weighted by atomic mass is 19.1. The molecule has 0 saturated carbocycles. The molecule has 1 saturated heterocycles. The van der Waals surface area contributed by atoms with Crippen LogP contribution in [0, 0.1) is 5.82 Å². The fraction of sp³-hybridized carbons (Fsp3) is 0.231. The quantitative estimate of drug-likeness (QED) is 0.343. The van der Waals surface area contributed by atoms with Crippen LogP contribution in [0.1, 0.15) is 49.3 Å². The average molecular weight is 433 g/mol. The number of Topliss-reactive ketones (excluding diaryl/α,β-unsaturated/α-hetero) is 1. The van der Waals surface area contributed by atoms with E-state index in [2.05, 4.69) is 20.8 Å². The molecule has 0 bridgehead atoms. The minimum absolute atomic E-state index is 0.0309. The van der Waals surface area contributed by atoms with Gasteiger partial charge < -0.3 is 14.4 Å². The normalized spacial score (nSPS) is 18.4. The van der Waals surface area contributed by atoms with Gasteiger partial charge in [-0.15, -0.1) is 0 Å². The van der Waals surface area contributed by atoms with Crippen LogP contribution in [0.4, 0.5) is 4.39 Å². The molecule has 1 atom stereocenters. The molecule has 0 aliphatic carbocycles. The molecule has 3 aromatic rings. The van der Waals surface area contributed by atoms with Crippen molar-refractivity contribution in [3.63, 3.8) is 0 Å². The summed E-state index contributed by atoms with van der Waals surface area (Å²) in [4.78, 5) is 27.4. The molecular formula is C26H24FNO4. The Morgan fingerprint density at radius 1 is 1.03 bits per heavy atom. The van der Waals surface area contributed by atoms with Crippen LogP contribution in [0.15, 0.2) is 76.9 Å². The van der Waals surface area contributed by atoms with Crippen molar-refractivity contribution < 1.29 is 23.5 Å². The van der Waals surface area contributed by atoms with Crippen molar-refractivity contribution in [1.82, 2.24) is 4.90 Å². The first-order valence-corrected chi connectivity index (χ1v) is 10.3. The Kier molecular flexibility index (Phi) is 5.46. The number of hydrogen-bond acceptors (Lipinski definition) is 4. The Bertz CT molecular complexity index is 1170. The highest BCUT2D eigenvalue weighted by molar-refractivity contribution is 6.46. The lowest BCUT2D eigenvalue weighted by Crippen LogP contribution is -2.29. The fourth-order valence-corrected chi connectivity index (χ4v) is 3.89. The monoisotopic (exact) mass is 433 g/mol. The molecule has 1 aliphatic rings. The molecule has 5 nitrogen and oxygen atoms in total. The molecule has 2 aromatic carbocycles. The van der Waals surface area contributed by atoms with Crippen molar-refractivity contribution in [3.8, 4) is 0 Å². The lowest BCUT2D eigenvalue weighted by molar-refractivity contribution is -0.140. The van der Waals surface area contributed by atoms with E-state index in [1.54, 1.807) is 12.1 Å². The summed E-state index contributed by atoms with van der Waals surface area (Å²) in [6, 6.07) is 15.4. The highest BCUT2D eigenvalue weighted by Crippen LogP contribution is 2.40. The summed E-state index contributed by atoms with van der Waals surface area (Å²) in [5.74, 6) is -1.80. The summed E-state index contributed by atoms with van der Waals surface area (Å²) in [7, 11) is 0. The molecule has 2 heterocycles. The number of nitrogens with zero attached hydrogens (tertiary/aromatic N) is 1. The van der Waals surface area contributed by atoms with Crippen LogP contribution in [0.3, 0.4) is 0 Å². The highest BCUT2D eigenvalue weighted by Gasteiger charge is 2.46. The van der Waals surface area contributed by atoms with E-state index in [9.17, 15) is 19.1 Å². The maximum Gasteiger partial charge on any atom is 0.296 e. The van der Waals surface area contributed by atoms with Crippen LogP contribution in [-0.2, 0) is 21.5 Å². The van der Waals surface area contributed by atoms with Crippen molar-refractivity contribution in [2.45, 2.75) is 38.8 Å². The van der Waals surface area contributed by atoms with Gasteiger partial charge in [0, 0.05) is 5.56 Å². The number of likely N-dealkylation sites (tertiary alicyclic amines) is 1. The SMILES string of the molecule is CC(C)(C)c1ccc(C2/C(=C(/O)c3ccc(F)cc3)C(=O)C(=O)N2Cc2ccco2)cc1. The van der Waals surface area contributed by atoms with E-state index >= 15 is 0 Å². The van der Waals surface area contributed by atoms with Gasteiger partial charge in [-0.3, -0.25) is 9.59 Å². The number of ketones is 1. The third-order valence-corrected chi connectivity index (χ3v) is 5.66. The fourth-order valence-electron chi connectivity index (χ4n) is 3.89. The Hall–Kier alpha value is -3.67. The first-order chi connectivity index (χ1) is 15.2. The van der Waals surface area contributed by atoms with Gasteiger partial charge in [0.15, 0.2) is 0 Å². The number of aliphatic hydroxyl groups is 1. The summed E-state index contributed by atoms with van der Waals surface area (Å²) in [6.07, 6.45) is 1.50. The van der Waals surface area contributed by atoms with E-state index in [1.165, 1.54) is 35.4 Å². The molecule has 164 valence electrons. The Balaban J connectivity index is 1.85. The average Bonchev–Trinajstić information content (AvgIpc) is 3.36. The number of carbonyl (C=O) groups excluding carboxylic acids is 2. The van der Waals surface area contributed by atoms with Crippen molar-refractivity contribution in [3.05, 3.63) is 101 Å². The van der Waals surface area contributed by atoms with Gasteiger partial charge in [0.1, 0.15) is 17.3 Å². The van der Waals surface area contributed by atoms with Gasteiger partial charge in [-0.1, -0.05) is 45.0 Å². The summed E-state index contributed by atoms with van der Waals surface area (Å²) in [5, 5.41) is 11.0. The Labute approximate surface area is 185 Å². The summed E-state index contributed by atoms with van der Waals surface area (Å²) < 4.78 is 18.8. The van der Waals surface area contributed by atoms with Crippen LogP contribution >= 0.6 is 0 Å². The van der Waals surface area contributed by atoms with Crippen molar-refractivity contribution in [2.24, 2.45) is 0 Å². The zero-order valence-electron chi connectivity index (χ0n) is 18.1. The second kappa shape index (κ2) is 8.11. The Morgan fingerprint density at radius 3 is 2.25 bits per heavy atom. The number of amides is 1. The van der Waals surface area contributed by atoms with Gasteiger partial charge in [0.05, 0.1) is 24.4 Å². The molecule has 0 radical (unpaired) electrons. The molecule has 6 heteroatoms. The first kappa shape index (κ1) is 21.6. The summed E-state index contributed by atoms with van der Waals surface area (Å²) in [5.41, 5.74) is 1.95. The van der Waals surface area contributed by atoms with E-state index < -0.39 is 23.5 Å². The number of furan rings is 1. The topological polar surface area (TPSA) is 70.8 Å². The van der Waals surface area contributed by atoms with Crippen molar-refractivity contribution >= 4 is 17.4 Å². The largest absolute Gasteiger partial charge is 0.507 e. The third-order valence-electron chi connectivity index (χ3n) is 5.66. The summed E-state index contributed by atoms with van der Waals surface area (Å²) in [6.45, 7) is 6.36. The second-order valence-corrected chi connectivity index (χ2v) is 8.89. The number of rotatable bonds is 4. The van der Waals surface area contributed by atoms with E-state index in [-0.39, 0.29) is 28.9 Å². The van der Waals surface area contributed by atoms with Crippen LogP contribution in [0.25, 0.3) is 5.76 Å². The predicted octanol–water partition coefficient (Wildman–Crippen LogP) is 5.34. The van der Waals surface area contributed by atoms with Crippen molar-refractivity contribution in [2.75, 3.05) is 0 Å². The van der Waals surface area contributed by atoms with Crippen molar-refractivity contribution in [1.29, 1.82) is 0 Å². The molecule has 1 fully saturated rings. The van der Waals surface area contributed by atoms with Gasteiger partial charge >= 0.3 is 0 Å². The first-order valence-electron chi connectivity index (χ1n) is 10.3. The molecule has 1 unspecified atom stereocenters. The third kappa shape index (κ3) is 3.96. The van der Waals surface area contributed by atoms with E-state index in [4.69, 9.17) is 4.42 Å². The van der Waals surface area contributed by atoms with Crippen LogP contribution in [0.5, 0.6) is 0 Å². The molecule has 1 aromatic heterocycles. The lowest BCUT2D eigenvalue weighted by Gasteiger charge is -2.26. The maximum atomic E-state index is 13.4. The molecular weight excluding hydrogens is 409 g/mol. The minimum Gasteiger partial charge on any atom is -0.507 e. The van der Waals surface area contributed by atoms with Gasteiger partial charge in [0.2, 0.25) is 0 Å². The number of hydrogen-bond donors (Lipinski definition) is 1. The standard InChI is InChI=1S/C26H24FNO4/c1-26(2,3)18-10-6-16(7-11-18)22-21(23(29)17-8-12-19(27)13-9-17)24(30)25(31)28(22)15-20-5-4-14-32-20/h4-14,22,29H,15H2,1-3H3/b23-21-. The molecule has 4 rings (SSSR count). The van der Waals surface area contributed by atoms with Gasteiger partial charge in [-0.2, -0.15) is 0 Å². The molecule has 1 aliphatic heterocycles. The van der Waals surface area contributed by atoms with Gasteiger partial charge in [-0.25, -0.2) is 4.39 Å². The molecule has 1 N–H and O–H groups in total. The zero-order chi connectivity index (χ0) is 23.0. The molecule has 0 spiro atoms. The molecule has 32 heavy (non-hydrogen) atoms. The number of aliphatic hydroxyl groups excluding tert-OH is 1. The van der Waals surface area contributed by atoms with Gasteiger partial charge in [-0.05, 0) is 52.9 Å². The minimum atomic E-state index is -0.806. The van der Waals surface area contributed by atoms with Crippen LogP contribution in [-0.4, -0.2) is 21.7 Å². The Morgan fingerprint density at radius 2 is 1.69 bits per heavy atom. The van der Waals surface area contributed by atoms with Crippen LogP contribution in [0.2, 0.25) is 0 Å². The zero-order valence-corrected chi connectivity index (χ0v) is 18.1. The van der Waals surface area contributed by atoms with Gasteiger partial charge in [0.25, 0.3) is 11.7 Å². The number of halogens is 1. The predicted molar refractivity (Wildman–Crippen MR) is 118 cm³/mol. The smallest absolute Gasteiger partial charge is 0.296 e. The van der Waals surface area contributed by atoms with E-state index in [0.717, 1.165) is 5.56 Å². The number of carbonyl (C=O) groups is 2. The van der Waals surface area contributed by atoms with E-state index in [0.29, 0.717) is 11.3 Å². The van der Waals surface area contributed by atoms with Crippen LogP contribution < -0.4 is 0 Å². The van der Waals surface area contributed by atoms with E-state index in [1.807, 2.05) is 24.3 Å².